The van der Waals surface area contributed by atoms with Gasteiger partial charge in [-0.1, -0.05) is 44.3 Å². The first kappa shape index (κ1) is 31.2. The molecule has 3 saturated carbocycles. The van der Waals surface area contributed by atoms with Crippen LogP contribution in [0.5, 0.6) is 0 Å². The Morgan fingerprint density at radius 2 is 1.83 bits per heavy atom. The topological polar surface area (TPSA) is 134 Å². The molecule has 4 aliphatic carbocycles. The average molecular weight is 572 g/mol. The minimum absolute atomic E-state index is 0.142. The molecule has 228 valence electrons. The van der Waals surface area contributed by atoms with Crippen LogP contribution in [0.25, 0.3) is 0 Å². The highest BCUT2D eigenvalue weighted by Gasteiger charge is 2.59. The fourth-order valence-electron chi connectivity index (χ4n) is 8.80. The monoisotopic (exact) mass is 571 g/mol. The number of nitrogens with zero attached hydrogens (tertiary/aromatic N) is 1. The van der Waals surface area contributed by atoms with Gasteiger partial charge in [0.05, 0.1) is 5.71 Å². The van der Waals surface area contributed by atoms with Gasteiger partial charge in [-0.05, 0) is 106 Å². The first-order chi connectivity index (χ1) is 19.4. The molecule has 0 bridgehead atoms. The third kappa shape index (κ3) is 6.38. The van der Waals surface area contributed by atoms with Gasteiger partial charge >= 0.3 is 5.97 Å². The lowest BCUT2D eigenvalue weighted by molar-refractivity contribution is -0.142. The van der Waals surface area contributed by atoms with Gasteiger partial charge in [0.15, 0.2) is 6.61 Å². The van der Waals surface area contributed by atoms with Crippen LogP contribution in [0.3, 0.4) is 0 Å². The van der Waals surface area contributed by atoms with Crippen molar-refractivity contribution in [3.05, 3.63) is 11.6 Å². The number of carbonyl (C=O) groups excluding carboxylic acids is 3. The normalized spacial score (nSPS) is 34.8. The number of hydrogen-bond donors (Lipinski definition) is 3. The molecule has 3 fully saturated rings. The van der Waals surface area contributed by atoms with Gasteiger partial charge in [-0.3, -0.25) is 14.4 Å². The SMILES string of the molecule is CCCC[C@H](NC(=O)[C@@H](C)NC(=O)CO/N=C1/C=C2CC[C@H]3[C@@H]4CC[C@H](C(C)=O)[C@@]4(C)CC[C@@H]3[C@@]2(C)CC1)C(=O)O. The smallest absolute Gasteiger partial charge is 0.326 e. The van der Waals surface area contributed by atoms with Crippen LogP contribution in [0, 0.1) is 34.5 Å². The van der Waals surface area contributed by atoms with Crippen molar-refractivity contribution in [3.8, 4) is 0 Å². The van der Waals surface area contributed by atoms with E-state index in [0.717, 1.165) is 50.7 Å². The largest absolute Gasteiger partial charge is 0.480 e. The van der Waals surface area contributed by atoms with Crippen molar-refractivity contribution in [2.24, 2.45) is 39.7 Å². The third-order valence-electron chi connectivity index (χ3n) is 11.1. The van der Waals surface area contributed by atoms with E-state index in [1.54, 1.807) is 6.92 Å². The van der Waals surface area contributed by atoms with Crippen LogP contribution in [-0.2, 0) is 24.0 Å². The van der Waals surface area contributed by atoms with E-state index in [4.69, 9.17) is 4.84 Å². The quantitative estimate of drug-likeness (QED) is 0.305. The van der Waals surface area contributed by atoms with E-state index >= 15 is 0 Å². The van der Waals surface area contributed by atoms with Crippen LogP contribution in [0.2, 0.25) is 0 Å². The number of carboxylic acids is 1. The zero-order chi connectivity index (χ0) is 29.9. The Morgan fingerprint density at radius 1 is 1.07 bits per heavy atom. The highest BCUT2D eigenvalue weighted by molar-refractivity contribution is 5.96. The molecule has 0 aromatic heterocycles. The number of allylic oxidation sites excluding steroid dienone is 2. The van der Waals surface area contributed by atoms with E-state index in [1.807, 2.05) is 6.92 Å². The molecule has 0 spiro atoms. The Kier molecular flexibility index (Phi) is 9.64. The van der Waals surface area contributed by atoms with E-state index < -0.39 is 29.9 Å². The van der Waals surface area contributed by atoms with Crippen molar-refractivity contribution >= 4 is 29.3 Å². The number of amides is 2. The first-order valence-corrected chi connectivity index (χ1v) is 15.6. The Bertz CT molecular complexity index is 1100. The lowest BCUT2D eigenvalue weighted by atomic mass is 9.46. The van der Waals surface area contributed by atoms with Crippen molar-refractivity contribution < 1.29 is 29.1 Å². The zero-order valence-corrected chi connectivity index (χ0v) is 25.5. The molecule has 9 heteroatoms. The molecule has 0 heterocycles. The standard InChI is InChI=1S/C32H49N3O6/c1-6-7-8-27(30(39)40)34-29(38)19(2)33-28(37)18-41-35-22-13-15-31(4)21(17-22)9-10-23-25-12-11-24(20(3)36)32(25,5)16-14-26(23)31/h17,19,23-27H,6-16,18H2,1-5H3,(H,33,37)(H,34,38)(H,39,40)/b35-22+/t19-,23+,24-,25+,26+,27+,31+,32-/m1/s1. The summed E-state index contributed by atoms with van der Waals surface area (Å²) < 4.78 is 0. The van der Waals surface area contributed by atoms with Crippen molar-refractivity contribution in [2.75, 3.05) is 6.61 Å². The summed E-state index contributed by atoms with van der Waals surface area (Å²) in [6, 6.07) is -1.86. The molecular formula is C32H49N3O6. The molecule has 2 amide bonds. The second kappa shape index (κ2) is 12.7. The van der Waals surface area contributed by atoms with Gasteiger partial charge in [0, 0.05) is 5.92 Å². The van der Waals surface area contributed by atoms with E-state index in [-0.39, 0.29) is 23.4 Å². The summed E-state index contributed by atoms with van der Waals surface area (Å²) in [4.78, 5) is 53.9. The number of ketones is 1. The van der Waals surface area contributed by atoms with E-state index in [2.05, 4.69) is 35.7 Å². The van der Waals surface area contributed by atoms with E-state index in [1.165, 1.54) is 25.3 Å². The molecule has 0 saturated heterocycles. The molecule has 0 aromatic rings. The van der Waals surface area contributed by atoms with Crippen molar-refractivity contribution in [3.63, 3.8) is 0 Å². The van der Waals surface area contributed by atoms with Gasteiger partial charge in [0.25, 0.3) is 5.91 Å². The molecule has 0 aromatic carbocycles. The van der Waals surface area contributed by atoms with Gasteiger partial charge in [-0.2, -0.15) is 0 Å². The minimum Gasteiger partial charge on any atom is -0.480 e. The summed E-state index contributed by atoms with van der Waals surface area (Å²) in [5.74, 6) is 0.427. The number of oxime groups is 1. The lowest BCUT2D eigenvalue weighted by Crippen LogP contribution is -2.51. The van der Waals surface area contributed by atoms with Crippen molar-refractivity contribution in [2.45, 2.75) is 117 Å². The molecule has 8 atom stereocenters. The summed E-state index contributed by atoms with van der Waals surface area (Å²) in [6.45, 7) is 9.73. The van der Waals surface area contributed by atoms with Crippen molar-refractivity contribution in [1.29, 1.82) is 0 Å². The number of Topliss-reactive ketones (excluding diaryl/α,β-unsaturated/α-hetero) is 1. The number of hydrogen-bond acceptors (Lipinski definition) is 6. The number of aliphatic carboxylic acids is 1. The molecule has 41 heavy (non-hydrogen) atoms. The fourth-order valence-corrected chi connectivity index (χ4v) is 8.80. The summed E-state index contributed by atoms with van der Waals surface area (Å²) in [6.07, 6.45) is 12.6. The second-order valence-electron chi connectivity index (χ2n) is 13.5. The zero-order valence-electron chi connectivity index (χ0n) is 25.5. The van der Waals surface area contributed by atoms with Gasteiger partial charge in [-0.25, -0.2) is 4.79 Å². The van der Waals surface area contributed by atoms with Crippen LogP contribution in [0.4, 0.5) is 0 Å². The lowest BCUT2D eigenvalue weighted by Gasteiger charge is -2.58. The Morgan fingerprint density at radius 3 is 2.51 bits per heavy atom. The Balaban J connectivity index is 1.30. The van der Waals surface area contributed by atoms with Gasteiger partial charge in [-0.15, -0.1) is 0 Å². The molecule has 0 aliphatic heterocycles. The molecular weight excluding hydrogens is 522 g/mol. The molecule has 3 N–H and O–H groups in total. The third-order valence-corrected chi connectivity index (χ3v) is 11.1. The molecule has 4 aliphatic rings. The number of carboxylic acid groups (broad SMARTS) is 1. The first-order valence-electron chi connectivity index (χ1n) is 15.6. The predicted octanol–water partition coefficient (Wildman–Crippen LogP) is 4.79. The minimum atomic E-state index is -1.09. The highest BCUT2D eigenvalue weighted by atomic mass is 16.6. The predicted molar refractivity (Wildman–Crippen MR) is 156 cm³/mol. The van der Waals surface area contributed by atoms with Crippen LogP contribution < -0.4 is 10.6 Å². The average Bonchev–Trinajstić information content (AvgIpc) is 3.28. The number of fused-ring (bicyclic) bond motifs is 5. The number of nitrogens with one attached hydrogen (secondary N) is 2. The maximum absolute atomic E-state index is 12.4. The maximum Gasteiger partial charge on any atom is 0.326 e. The van der Waals surface area contributed by atoms with E-state index in [0.29, 0.717) is 36.4 Å². The molecule has 0 radical (unpaired) electrons. The van der Waals surface area contributed by atoms with Gasteiger partial charge in [0.2, 0.25) is 5.91 Å². The Labute approximate surface area is 244 Å². The maximum atomic E-state index is 12.4. The molecule has 4 rings (SSSR count). The number of carbonyl (C=O) groups is 4. The summed E-state index contributed by atoms with van der Waals surface area (Å²) >= 11 is 0. The molecule has 0 unspecified atom stereocenters. The summed E-state index contributed by atoms with van der Waals surface area (Å²) in [5, 5.41) is 18.6. The van der Waals surface area contributed by atoms with Crippen molar-refractivity contribution in [1.82, 2.24) is 10.6 Å². The summed E-state index contributed by atoms with van der Waals surface area (Å²) in [7, 11) is 0. The van der Waals surface area contributed by atoms with Crippen LogP contribution in [0.15, 0.2) is 16.8 Å². The van der Waals surface area contributed by atoms with E-state index in [9.17, 15) is 24.3 Å². The molecule has 9 nitrogen and oxygen atoms in total. The van der Waals surface area contributed by atoms with Crippen LogP contribution >= 0.6 is 0 Å². The Hall–Kier alpha value is -2.71. The highest BCUT2D eigenvalue weighted by Crippen LogP contribution is 2.66. The fraction of sp³-hybridized carbons (Fsp3) is 0.781. The van der Waals surface area contributed by atoms with Crippen LogP contribution in [-0.4, -0.2) is 53.1 Å². The van der Waals surface area contributed by atoms with Crippen LogP contribution in [0.1, 0.15) is 105 Å². The summed E-state index contributed by atoms with van der Waals surface area (Å²) in [5.41, 5.74) is 2.57. The van der Waals surface area contributed by atoms with Gasteiger partial charge < -0.3 is 20.6 Å². The number of rotatable bonds is 11. The number of unbranched alkanes of at least 4 members (excludes halogenated alkanes) is 1. The van der Waals surface area contributed by atoms with Gasteiger partial charge in [0.1, 0.15) is 17.9 Å². The second-order valence-corrected chi connectivity index (χ2v) is 13.5.